The summed E-state index contributed by atoms with van der Waals surface area (Å²) in [5, 5.41) is 4.82. The van der Waals surface area contributed by atoms with E-state index in [1.165, 1.54) is 22.5 Å². The zero-order valence-corrected chi connectivity index (χ0v) is 14.6. The lowest BCUT2D eigenvalue weighted by molar-refractivity contribution is 0.0768. The van der Waals surface area contributed by atoms with Crippen LogP contribution in [-0.2, 0) is 0 Å². The van der Waals surface area contributed by atoms with Crippen molar-refractivity contribution in [2.45, 2.75) is 6.42 Å². The van der Waals surface area contributed by atoms with Gasteiger partial charge >= 0.3 is 0 Å². The molecule has 24 heavy (non-hydrogen) atoms. The number of carbonyl (C=O) groups excluding carboxylic acids is 1. The minimum absolute atomic E-state index is 0.0254. The van der Waals surface area contributed by atoms with Gasteiger partial charge in [0.25, 0.3) is 5.91 Å². The molecule has 0 atom stereocenters. The first-order valence-corrected chi connectivity index (χ1v) is 9.60. The summed E-state index contributed by atoms with van der Waals surface area (Å²) in [6.45, 7) is 1.39. The van der Waals surface area contributed by atoms with Gasteiger partial charge in [-0.2, -0.15) is 0 Å². The highest BCUT2D eigenvalue weighted by atomic mass is 32.1. The van der Waals surface area contributed by atoms with Crippen LogP contribution in [0.4, 0.5) is 0 Å². The van der Waals surface area contributed by atoms with Crippen LogP contribution in [0.1, 0.15) is 22.5 Å². The number of hydrogen-bond acceptors (Lipinski definition) is 4. The second kappa shape index (κ2) is 6.71. The SMILES string of the molecule is O=C(c1csc(-c2cccs2)n1)N1CC=C(c2ccccc2)CC1. The molecule has 0 N–H and O–H groups in total. The molecular weight excluding hydrogens is 336 g/mol. The van der Waals surface area contributed by atoms with Crippen LogP contribution in [-0.4, -0.2) is 28.9 Å². The van der Waals surface area contributed by atoms with Crippen LogP contribution >= 0.6 is 22.7 Å². The first kappa shape index (κ1) is 15.3. The predicted molar refractivity (Wildman–Crippen MR) is 100 cm³/mol. The topological polar surface area (TPSA) is 33.2 Å². The Kier molecular flexibility index (Phi) is 4.28. The average Bonchev–Trinajstić information content (AvgIpc) is 3.33. The Morgan fingerprint density at radius 3 is 2.67 bits per heavy atom. The lowest BCUT2D eigenvalue weighted by atomic mass is 9.99. The van der Waals surface area contributed by atoms with E-state index in [-0.39, 0.29) is 5.91 Å². The number of rotatable bonds is 3. The van der Waals surface area contributed by atoms with Crippen molar-refractivity contribution in [2.75, 3.05) is 13.1 Å². The molecule has 4 rings (SSSR count). The first-order valence-electron chi connectivity index (χ1n) is 7.84. The molecule has 2 aromatic heterocycles. The summed E-state index contributed by atoms with van der Waals surface area (Å²) < 4.78 is 0. The van der Waals surface area contributed by atoms with Gasteiger partial charge in [0, 0.05) is 18.5 Å². The fourth-order valence-corrected chi connectivity index (χ4v) is 4.42. The van der Waals surface area contributed by atoms with Crippen molar-refractivity contribution in [1.82, 2.24) is 9.88 Å². The molecule has 3 aromatic rings. The molecule has 0 aliphatic carbocycles. The van der Waals surface area contributed by atoms with Crippen molar-refractivity contribution in [3.63, 3.8) is 0 Å². The molecule has 3 nitrogen and oxygen atoms in total. The van der Waals surface area contributed by atoms with Crippen LogP contribution in [0, 0.1) is 0 Å². The van der Waals surface area contributed by atoms with Crippen molar-refractivity contribution in [3.8, 4) is 9.88 Å². The lowest BCUT2D eigenvalue weighted by Crippen LogP contribution is -2.34. The second-order valence-electron chi connectivity index (χ2n) is 5.61. The fraction of sp³-hybridized carbons (Fsp3) is 0.158. The first-order chi connectivity index (χ1) is 11.8. The Hall–Kier alpha value is -2.24. The van der Waals surface area contributed by atoms with Gasteiger partial charge < -0.3 is 4.90 Å². The third-order valence-corrected chi connectivity index (χ3v) is 5.98. The molecule has 5 heteroatoms. The number of thiazole rings is 1. The van der Waals surface area contributed by atoms with E-state index in [1.807, 2.05) is 33.9 Å². The zero-order valence-electron chi connectivity index (χ0n) is 13.0. The summed E-state index contributed by atoms with van der Waals surface area (Å²) in [6.07, 6.45) is 3.04. The summed E-state index contributed by atoms with van der Waals surface area (Å²) in [7, 11) is 0. The maximum atomic E-state index is 12.7. The van der Waals surface area contributed by atoms with E-state index in [0.717, 1.165) is 22.9 Å². The van der Waals surface area contributed by atoms with Crippen molar-refractivity contribution >= 4 is 34.2 Å². The van der Waals surface area contributed by atoms with Crippen molar-refractivity contribution < 1.29 is 4.79 Å². The van der Waals surface area contributed by atoms with E-state index in [1.54, 1.807) is 11.3 Å². The van der Waals surface area contributed by atoms with Gasteiger partial charge in [-0.1, -0.05) is 42.5 Å². The zero-order chi connectivity index (χ0) is 16.4. The highest BCUT2D eigenvalue weighted by Crippen LogP contribution is 2.29. The number of carbonyl (C=O) groups is 1. The predicted octanol–water partition coefficient (Wildman–Crippen LogP) is 4.80. The highest BCUT2D eigenvalue weighted by molar-refractivity contribution is 7.20. The normalized spacial score (nSPS) is 14.5. The van der Waals surface area contributed by atoms with Crippen LogP contribution < -0.4 is 0 Å². The Bertz CT molecular complexity index is 866. The van der Waals surface area contributed by atoms with Gasteiger partial charge in [-0.25, -0.2) is 4.98 Å². The minimum atomic E-state index is 0.0254. The van der Waals surface area contributed by atoms with E-state index in [4.69, 9.17) is 0 Å². The van der Waals surface area contributed by atoms with Crippen LogP contribution in [0.25, 0.3) is 15.5 Å². The molecular formula is C19H16N2OS2. The Morgan fingerprint density at radius 2 is 1.96 bits per heavy atom. The molecule has 3 heterocycles. The molecule has 0 radical (unpaired) electrons. The number of hydrogen-bond donors (Lipinski definition) is 0. The quantitative estimate of drug-likeness (QED) is 0.678. The molecule has 120 valence electrons. The second-order valence-corrected chi connectivity index (χ2v) is 7.42. The van der Waals surface area contributed by atoms with E-state index < -0.39 is 0 Å². The summed E-state index contributed by atoms with van der Waals surface area (Å²) in [5.41, 5.74) is 3.12. The minimum Gasteiger partial charge on any atom is -0.333 e. The number of aromatic nitrogens is 1. The standard InChI is InChI=1S/C19H16N2OS2/c22-19(16-13-24-18(20-16)17-7-4-12-23-17)21-10-8-15(9-11-21)14-5-2-1-3-6-14/h1-8,12-13H,9-11H2. The van der Waals surface area contributed by atoms with E-state index in [0.29, 0.717) is 12.2 Å². The molecule has 1 aliphatic rings. The lowest BCUT2D eigenvalue weighted by Gasteiger charge is -2.26. The summed E-state index contributed by atoms with van der Waals surface area (Å²) in [6, 6.07) is 14.4. The van der Waals surface area contributed by atoms with Gasteiger partial charge in [-0.15, -0.1) is 22.7 Å². The van der Waals surface area contributed by atoms with Gasteiger partial charge in [0.05, 0.1) is 4.88 Å². The molecule has 0 spiro atoms. The van der Waals surface area contributed by atoms with Gasteiger partial charge in [-0.05, 0) is 29.0 Å². The maximum absolute atomic E-state index is 12.7. The van der Waals surface area contributed by atoms with Gasteiger partial charge in [-0.3, -0.25) is 4.79 Å². The summed E-state index contributed by atoms with van der Waals surface area (Å²) in [4.78, 5) is 20.2. The largest absolute Gasteiger partial charge is 0.333 e. The maximum Gasteiger partial charge on any atom is 0.273 e. The smallest absolute Gasteiger partial charge is 0.273 e. The Morgan fingerprint density at radius 1 is 1.08 bits per heavy atom. The van der Waals surface area contributed by atoms with Crippen molar-refractivity contribution in [2.24, 2.45) is 0 Å². The van der Waals surface area contributed by atoms with Crippen LogP contribution in [0.15, 0.2) is 59.3 Å². The third kappa shape index (κ3) is 3.05. The number of nitrogens with zero attached hydrogens (tertiary/aromatic N) is 2. The monoisotopic (exact) mass is 352 g/mol. The van der Waals surface area contributed by atoms with Crippen LogP contribution in [0.2, 0.25) is 0 Å². The van der Waals surface area contributed by atoms with E-state index in [2.05, 4.69) is 35.3 Å². The average molecular weight is 352 g/mol. The van der Waals surface area contributed by atoms with E-state index in [9.17, 15) is 4.79 Å². The Balaban J connectivity index is 1.48. The van der Waals surface area contributed by atoms with Crippen LogP contribution in [0.5, 0.6) is 0 Å². The number of amides is 1. The highest BCUT2D eigenvalue weighted by Gasteiger charge is 2.21. The van der Waals surface area contributed by atoms with Crippen molar-refractivity contribution in [3.05, 3.63) is 70.6 Å². The molecule has 0 unspecified atom stereocenters. The molecule has 0 saturated carbocycles. The number of thiophene rings is 1. The Labute approximate surface area is 148 Å². The summed E-state index contributed by atoms with van der Waals surface area (Å²) >= 11 is 3.18. The van der Waals surface area contributed by atoms with E-state index >= 15 is 0 Å². The number of benzene rings is 1. The van der Waals surface area contributed by atoms with Gasteiger partial charge in [0.15, 0.2) is 0 Å². The van der Waals surface area contributed by atoms with Crippen molar-refractivity contribution in [1.29, 1.82) is 0 Å². The molecule has 0 bridgehead atoms. The molecule has 1 aliphatic heterocycles. The molecule has 1 amide bonds. The molecule has 0 saturated heterocycles. The van der Waals surface area contributed by atoms with Gasteiger partial charge in [0.2, 0.25) is 0 Å². The van der Waals surface area contributed by atoms with Crippen LogP contribution in [0.3, 0.4) is 0 Å². The van der Waals surface area contributed by atoms with Gasteiger partial charge in [0.1, 0.15) is 10.7 Å². The fourth-order valence-electron chi connectivity index (χ4n) is 2.82. The summed E-state index contributed by atoms with van der Waals surface area (Å²) in [5.74, 6) is 0.0254. The molecule has 1 aromatic carbocycles. The molecule has 0 fully saturated rings. The third-order valence-electron chi connectivity index (χ3n) is 4.10.